The molecule has 8 heteroatoms. The van der Waals surface area contributed by atoms with Crippen LogP contribution < -0.4 is 14.8 Å². The van der Waals surface area contributed by atoms with E-state index in [1.165, 1.54) is 0 Å². The largest absolute Gasteiger partial charge is 0.497 e. The standard InChI is InChI=1S/C31H30ClN3O4/c1-38-26-16-14-24(15-17-26)21-35(30(36)22-39-29-13-6-5-12-27(29)32)28(19-23-9-3-2-4-10-23)31(37)34-20-25-11-7-8-18-33-25/h2-18,28H,19-22H2,1H3,(H,34,37)/t28-/m0/s1. The van der Waals surface area contributed by atoms with E-state index in [9.17, 15) is 9.59 Å². The lowest BCUT2D eigenvalue weighted by molar-refractivity contribution is -0.142. The zero-order valence-electron chi connectivity index (χ0n) is 21.6. The molecule has 7 nitrogen and oxygen atoms in total. The molecule has 0 aliphatic carbocycles. The summed E-state index contributed by atoms with van der Waals surface area (Å²) >= 11 is 6.23. The Morgan fingerprint density at radius 1 is 0.897 bits per heavy atom. The number of nitrogens with one attached hydrogen (secondary N) is 1. The van der Waals surface area contributed by atoms with Gasteiger partial charge in [0.2, 0.25) is 5.91 Å². The van der Waals surface area contributed by atoms with Crippen molar-refractivity contribution in [1.29, 1.82) is 0 Å². The fourth-order valence-corrected chi connectivity index (χ4v) is 4.25. The molecule has 1 atom stereocenters. The maximum absolute atomic E-state index is 13.7. The average Bonchev–Trinajstić information content (AvgIpc) is 2.98. The quantitative estimate of drug-likeness (QED) is 0.269. The third-order valence-corrected chi connectivity index (χ3v) is 6.45. The molecule has 3 aromatic carbocycles. The van der Waals surface area contributed by atoms with Crippen molar-refractivity contribution in [3.8, 4) is 11.5 Å². The molecule has 0 fully saturated rings. The molecule has 0 spiro atoms. The maximum Gasteiger partial charge on any atom is 0.261 e. The zero-order chi connectivity index (χ0) is 27.5. The number of carbonyl (C=O) groups is 2. The molecule has 200 valence electrons. The minimum atomic E-state index is -0.805. The number of ether oxygens (including phenoxy) is 2. The zero-order valence-corrected chi connectivity index (χ0v) is 22.4. The molecular formula is C31H30ClN3O4. The van der Waals surface area contributed by atoms with Gasteiger partial charge in [0.05, 0.1) is 24.4 Å². The molecule has 0 radical (unpaired) electrons. The molecule has 0 unspecified atom stereocenters. The first-order valence-corrected chi connectivity index (χ1v) is 12.9. The molecule has 1 heterocycles. The summed E-state index contributed by atoms with van der Waals surface area (Å²) in [6, 6.07) is 28.7. The highest BCUT2D eigenvalue weighted by Crippen LogP contribution is 2.24. The summed E-state index contributed by atoms with van der Waals surface area (Å²) in [6.07, 6.45) is 2.00. The van der Waals surface area contributed by atoms with Gasteiger partial charge < -0.3 is 19.7 Å². The third-order valence-electron chi connectivity index (χ3n) is 6.14. The number of hydrogen-bond acceptors (Lipinski definition) is 5. The first-order valence-electron chi connectivity index (χ1n) is 12.5. The summed E-state index contributed by atoms with van der Waals surface area (Å²) in [5.41, 5.74) is 2.49. The van der Waals surface area contributed by atoms with E-state index in [-0.39, 0.29) is 31.5 Å². The highest BCUT2D eigenvalue weighted by atomic mass is 35.5. The maximum atomic E-state index is 13.7. The van der Waals surface area contributed by atoms with Crippen LogP contribution in [0.1, 0.15) is 16.8 Å². The molecule has 2 amide bonds. The minimum absolute atomic E-state index is 0.198. The lowest BCUT2D eigenvalue weighted by atomic mass is 10.0. The summed E-state index contributed by atoms with van der Waals surface area (Å²) in [5.74, 6) is 0.465. The van der Waals surface area contributed by atoms with Gasteiger partial charge in [0, 0.05) is 19.2 Å². The highest BCUT2D eigenvalue weighted by molar-refractivity contribution is 6.32. The minimum Gasteiger partial charge on any atom is -0.497 e. The second-order valence-electron chi connectivity index (χ2n) is 8.83. The number of methoxy groups -OCH3 is 1. The Morgan fingerprint density at radius 3 is 2.31 bits per heavy atom. The Morgan fingerprint density at radius 2 is 1.62 bits per heavy atom. The molecular weight excluding hydrogens is 514 g/mol. The molecule has 39 heavy (non-hydrogen) atoms. The van der Waals surface area contributed by atoms with Crippen LogP contribution in [0.2, 0.25) is 5.02 Å². The Bertz CT molecular complexity index is 1350. The van der Waals surface area contributed by atoms with Crippen molar-refractivity contribution in [3.63, 3.8) is 0 Å². The summed E-state index contributed by atoms with van der Waals surface area (Å²) in [4.78, 5) is 33.2. The summed E-state index contributed by atoms with van der Waals surface area (Å²) in [7, 11) is 1.60. The van der Waals surface area contributed by atoms with Crippen molar-refractivity contribution in [3.05, 3.63) is 125 Å². The van der Waals surface area contributed by atoms with Crippen molar-refractivity contribution in [2.75, 3.05) is 13.7 Å². The normalized spacial score (nSPS) is 11.3. The first-order chi connectivity index (χ1) is 19.0. The number of halogens is 1. The van der Waals surface area contributed by atoms with Crippen LogP contribution in [-0.2, 0) is 29.1 Å². The summed E-state index contributed by atoms with van der Waals surface area (Å²) in [5, 5.41) is 3.37. The lowest BCUT2D eigenvalue weighted by Crippen LogP contribution is -2.51. The van der Waals surface area contributed by atoms with E-state index >= 15 is 0 Å². The van der Waals surface area contributed by atoms with Gasteiger partial charge in [-0.25, -0.2) is 0 Å². The second-order valence-corrected chi connectivity index (χ2v) is 9.24. The van der Waals surface area contributed by atoms with Crippen LogP contribution in [0.4, 0.5) is 0 Å². The van der Waals surface area contributed by atoms with Crippen LogP contribution >= 0.6 is 11.6 Å². The SMILES string of the molecule is COc1ccc(CN(C(=O)COc2ccccc2Cl)[C@@H](Cc2ccccc2)C(=O)NCc2ccccn2)cc1. The van der Waals surface area contributed by atoms with Crippen molar-refractivity contribution < 1.29 is 19.1 Å². The van der Waals surface area contributed by atoms with Gasteiger partial charge in [0.1, 0.15) is 17.5 Å². The van der Waals surface area contributed by atoms with Crippen LogP contribution in [-0.4, -0.2) is 41.5 Å². The van der Waals surface area contributed by atoms with E-state index < -0.39 is 6.04 Å². The lowest BCUT2D eigenvalue weighted by Gasteiger charge is -2.31. The van der Waals surface area contributed by atoms with Crippen LogP contribution in [0.15, 0.2) is 103 Å². The molecule has 0 aliphatic rings. The third kappa shape index (κ3) is 8.06. The van der Waals surface area contributed by atoms with Crippen molar-refractivity contribution in [2.45, 2.75) is 25.6 Å². The van der Waals surface area contributed by atoms with Crippen LogP contribution in [0, 0.1) is 0 Å². The molecule has 0 bridgehead atoms. The summed E-state index contributed by atoms with van der Waals surface area (Å²) in [6.45, 7) is 0.160. The van der Waals surface area contributed by atoms with Gasteiger partial charge in [-0.1, -0.05) is 72.3 Å². The molecule has 0 saturated heterocycles. The van der Waals surface area contributed by atoms with Gasteiger partial charge in [-0.05, 0) is 47.5 Å². The molecule has 4 aromatic rings. The predicted octanol–water partition coefficient (Wildman–Crippen LogP) is 5.08. The number of carbonyl (C=O) groups excluding carboxylic acids is 2. The van der Waals surface area contributed by atoms with E-state index in [1.54, 1.807) is 42.5 Å². The summed E-state index contributed by atoms with van der Waals surface area (Å²) < 4.78 is 11.1. The van der Waals surface area contributed by atoms with Crippen LogP contribution in [0.3, 0.4) is 0 Å². The topological polar surface area (TPSA) is 80.8 Å². The van der Waals surface area contributed by atoms with E-state index in [2.05, 4.69) is 10.3 Å². The molecule has 0 aliphatic heterocycles. The van der Waals surface area contributed by atoms with Gasteiger partial charge >= 0.3 is 0 Å². The number of hydrogen-bond donors (Lipinski definition) is 1. The number of pyridine rings is 1. The van der Waals surface area contributed by atoms with Crippen molar-refractivity contribution in [1.82, 2.24) is 15.2 Å². The Kier molecular flexibility index (Phi) is 9.92. The van der Waals surface area contributed by atoms with Crippen molar-refractivity contribution >= 4 is 23.4 Å². The second kappa shape index (κ2) is 14.0. The van der Waals surface area contributed by atoms with E-state index in [0.29, 0.717) is 22.9 Å². The van der Waals surface area contributed by atoms with E-state index in [4.69, 9.17) is 21.1 Å². The van der Waals surface area contributed by atoms with Gasteiger partial charge in [0.15, 0.2) is 6.61 Å². The molecule has 0 saturated carbocycles. The fraction of sp³-hybridized carbons (Fsp3) is 0.194. The van der Waals surface area contributed by atoms with Gasteiger partial charge in [-0.15, -0.1) is 0 Å². The first kappa shape index (κ1) is 27.7. The molecule has 1 aromatic heterocycles. The number of amides is 2. The number of para-hydroxylation sites is 1. The molecule has 4 rings (SSSR count). The number of benzene rings is 3. The van der Waals surface area contributed by atoms with Gasteiger partial charge in [-0.2, -0.15) is 0 Å². The number of aromatic nitrogens is 1. The van der Waals surface area contributed by atoms with Gasteiger partial charge in [0.25, 0.3) is 5.91 Å². The number of rotatable bonds is 12. The number of nitrogens with zero attached hydrogens (tertiary/aromatic N) is 2. The average molecular weight is 544 g/mol. The monoisotopic (exact) mass is 543 g/mol. The van der Waals surface area contributed by atoms with Crippen LogP contribution in [0.25, 0.3) is 0 Å². The predicted molar refractivity (Wildman–Crippen MR) is 151 cm³/mol. The Hall–Kier alpha value is -4.36. The van der Waals surface area contributed by atoms with Crippen LogP contribution in [0.5, 0.6) is 11.5 Å². The molecule has 1 N–H and O–H groups in total. The highest BCUT2D eigenvalue weighted by Gasteiger charge is 2.31. The Labute approximate surface area is 233 Å². The fourth-order valence-electron chi connectivity index (χ4n) is 4.06. The van der Waals surface area contributed by atoms with Crippen molar-refractivity contribution in [2.24, 2.45) is 0 Å². The van der Waals surface area contributed by atoms with E-state index in [0.717, 1.165) is 16.8 Å². The van der Waals surface area contributed by atoms with Gasteiger partial charge in [-0.3, -0.25) is 14.6 Å². The smallest absolute Gasteiger partial charge is 0.261 e. The van der Waals surface area contributed by atoms with E-state index in [1.807, 2.05) is 72.8 Å². The Balaban J connectivity index is 1.62.